The van der Waals surface area contributed by atoms with Gasteiger partial charge in [-0.25, -0.2) is 13.4 Å². The second kappa shape index (κ2) is 4.93. The lowest BCUT2D eigenvalue weighted by molar-refractivity contribution is -0.119. The van der Waals surface area contributed by atoms with Crippen LogP contribution in [-0.4, -0.2) is 38.2 Å². The fourth-order valence-electron chi connectivity index (χ4n) is 1.49. The highest BCUT2D eigenvalue weighted by Gasteiger charge is 2.23. The van der Waals surface area contributed by atoms with Crippen LogP contribution in [0.4, 0.5) is 5.82 Å². The fraction of sp³-hybridized carbons (Fsp3) is 0.455. The Hall–Kier alpha value is -1.63. The number of hydrogen-bond donors (Lipinski definition) is 2. The summed E-state index contributed by atoms with van der Waals surface area (Å²) in [6.45, 7) is 0.0238. The van der Waals surface area contributed by atoms with Crippen molar-refractivity contribution < 1.29 is 13.2 Å². The molecule has 1 fully saturated rings. The minimum atomic E-state index is -3.35. The summed E-state index contributed by atoms with van der Waals surface area (Å²) >= 11 is 0. The van der Waals surface area contributed by atoms with Crippen LogP contribution in [0, 0.1) is 0 Å². The van der Waals surface area contributed by atoms with E-state index in [9.17, 15) is 13.2 Å². The summed E-state index contributed by atoms with van der Waals surface area (Å²) in [7, 11) is -3.35. The predicted octanol–water partition coefficient (Wildman–Crippen LogP) is 0.176. The van der Waals surface area contributed by atoms with Crippen molar-refractivity contribution in [3.63, 3.8) is 0 Å². The van der Waals surface area contributed by atoms with Crippen molar-refractivity contribution >= 4 is 21.6 Å². The minimum Gasteiger partial charge on any atom is -0.360 e. The molecule has 18 heavy (non-hydrogen) atoms. The molecular formula is C11H15N3O3S. The van der Waals surface area contributed by atoms with E-state index in [1.54, 1.807) is 6.07 Å². The Bertz CT molecular complexity index is 552. The second-order valence-electron chi connectivity index (χ2n) is 4.32. The average Bonchev–Trinajstić information content (AvgIpc) is 3.09. The molecule has 0 aliphatic heterocycles. The second-order valence-corrected chi connectivity index (χ2v) is 6.30. The van der Waals surface area contributed by atoms with E-state index >= 15 is 0 Å². The Labute approximate surface area is 106 Å². The zero-order valence-electron chi connectivity index (χ0n) is 10.0. The van der Waals surface area contributed by atoms with Crippen LogP contribution in [0.5, 0.6) is 0 Å². The summed E-state index contributed by atoms with van der Waals surface area (Å²) in [6, 6.07) is 3.30. The number of anilines is 1. The number of amides is 1. The average molecular weight is 269 g/mol. The maximum Gasteiger partial charge on any atom is 0.239 e. The number of aromatic nitrogens is 1. The quantitative estimate of drug-likeness (QED) is 0.796. The van der Waals surface area contributed by atoms with E-state index in [4.69, 9.17) is 0 Å². The van der Waals surface area contributed by atoms with E-state index in [2.05, 4.69) is 15.6 Å². The lowest BCUT2D eigenvalue weighted by Crippen LogP contribution is -2.31. The normalized spacial score (nSPS) is 15.2. The predicted molar refractivity (Wildman–Crippen MR) is 67.0 cm³/mol. The third kappa shape index (κ3) is 3.43. The molecule has 0 aromatic carbocycles. The molecule has 1 aliphatic carbocycles. The monoisotopic (exact) mass is 269 g/mol. The zero-order valence-corrected chi connectivity index (χ0v) is 10.8. The first-order valence-corrected chi connectivity index (χ1v) is 7.54. The molecule has 0 bridgehead atoms. The van der Waals surface area contributed by atoms with Gasteiger partial charge in [-0.05, 0) is 25.0 Å². The number of nitrogens with zero attached hydrogens (tertiary/aromatic N) is 1. The number of hydrogen-bond acceptors (Lipinski definition) is 5. The fourth-order valence-corrected chi connectivity index (χ4v) is 2.29. The third-order valence-corrected chi connectivity index (χ3v) is 3.66. The van der Waals surface area contributed by atoms with Gasteiger partial charge in [0, 0.05) is 18.5 Å². The first kappa shape index (κ1) is 12.8. The minimum absolute atomic E-state index is 0.0238. The van der Waals surface area contributed by atoms with Gasteiger partial charge in [0.05, 0.1) is 6.54 Å². The van der Waals surface area contributed by atoms with Gasteiger partial charge in [-0.2, -0.15) is 0 Å². The Morgan fingerprint density at radius 3 is 2.83 bits per heavy atom. The van der Waals surface area contributed by atoms with Gasteiger partial charge >= 0.3 is 0 Å². The van der Waals surface area contributed by atoms with Gasteiger partial charge in [0.1, 0.15) is 10.7 Å². The van der Waals surface area contributed by atoms with Crippen molar-refractivity contribution in [2.45, 2.75) is 23.8 Å². The molecule has 1 heterocycles. The number of carbonyl (C=O) groups excluding carboxylic acids is 1. The van der Waals surface area contributed by atoms with Crippen molar-refractivity contribution in [1.29, 1.82) is 0 Å². The Kier molecular flexibility index (Phi) is 3.51. The highest BCUT2D eigenvalue weighted by atomic mass is 32.2. The summed E-state index contributed by atoms with van der Waals surface area (Å²) < 4.78 is 23.0. The van der Waals surface area contributed by atoms with Crippen LogP contribution < -0.4 is 10.6 Å². The van der Waals surface area contributed by atoms with E-state index < -0.39 is 9.84 Å². The number of pyridine rings is 1. The smallest absolute Gasteiger partial charge is 0.239 e. The molecule has 0 saturated heterocycles. The number of rotatable bonds is 5. The molecule has 6 nitrogen and oxygen atoms in total. The van der Waals surface area contributed by atoms with E-state index in [-0.39, 0.29) is 29.2 Å². The van der Waals surface area contributed by atoms with Crippen molar-refractivity contribution in [2.24, 2.45) is 0 Å². The molecule has 0 unspecified atom stereocenters. The molecule has 1 saturated carbocycles. The molecule has 0 atom stereocenters. The molecule has 98 valence electrons. The van der Waals surface area contributed by atoms with Gasteiger partial charge in [0.15, 0.2) is 9.84 Å². The van der Waals surface area contributed by atoms with E-state index in [1.165, 1.54) is 12.3 Å². The Balaban J connectivity index is 2.02. The maximum absolute atomic E-state index is 11.5. The summed E-state index contributed by atoms with van der Waals surface area (Å²) in [5.41, 5.74) is 0. The highest BCUT2D eigenvalue weighted by molar-refractivity contribution is 7.90. The topological polar surface area (TPSA) is 88.2 Å². The van der Waals surface area contributed by atoms with Crippen LogP contribution in [0.2, 0.25) is 0 Å². The van der Waals surface area contributed by atoms with Crippen molar-refractivity contribution in [3.8, 4) is 0 Å². The maximum atomic E-state index is 11.5. The van der Waals surface area contributed by atoms with Crippen LogP contribution in [0.15, 0.2) is 23.2 Å². The van der Waals surface area contributed by atoms with Crippen molar-refractivity contribution in [2.75, 3.05) is 18.1 Å². The molecule has 1 aromatic heterocycles. The molecule has 2 rings (SSSR count). The van der Waals surface area contributed by atoms with Crippen molar-refractivity contribution in [3.05, 3.63) is 18.3 Å². The van der Waals surface area contributed by atoms with Gasteiger partial charge < -0.3 is 10.6 Å². The van der Waals surface area contributed by atoms with Crippen LogP contribution in [0.1, 0.15) is 12.8 Å². The molecule has 1 aromatic rings. The molecule has 0 spiro atoms. The largest absolute Gasteiger partial charge is 0.360 e. The van der Waals surface area contributed by atoms with Crippen LogP contribution >= 0.6 is 0 Å². The third-order valence-electron chi connectivity index (χ3n) is 2.53. The van der Waals surface area contributed by atoms with E-state index in [0.717, 1.165) is 19.1 Å². The van der Waals surface area contributed by atoms with E-state index in [1.807, 2.05) is 0 Å². The summed E-state index contributed by atoms with van der Waals surface area (Å²) in [5, 5.41) is 5.55. The van der Waals surface area contributed by atoms with Gasteiger partial charge in [-0.15, -0.1) is 0 Å². The molecular weight excluding hydrogens is 254 g/mol. The van der Waals surface area contributed by atoms with Gasteiger partial charge in [-0.3, -0.25) is 4.79 Å². The number of nitrogens with one attached hydrogen (secondary N) is 2. The van der Waals surface area contributed by atoms with Crippen LogP contribution in [0.25, 0.3) is 0 Å². The first-order chi connectivity index (χ1) is 8.47. The SMILES string of the molecule is CS(=O)(=O)c1cccnc1NCC(=O)NC1CC1. The van der Waals surface area contributed by atoms with Crippen LogP contribution in [-0.2, 0) is 14.6 Å². The lowest BCUT2D eigenvalue weighted by Gasteiger charge is -2.09. The lowest BCUT2D eigenvalue weighted by atomic mass is 10.4. The van der Waals surface area contributed by atoms with Gasteiger partial charge in [0.2, 0.25) is 5.91 Å². The number of carbonyl (C=O) groups is 1. The molecule has 1 aliphatic rings. The van der Waals surface area contributed by atoms with E-state index in [0.29, 0.717) is 0 Å². The highest BCUT2D eigenvalue weighted by Crippen LogP contribution is 2.19. The van der Waals surface area contributed by atoms with Gasteiger partial charge in [-0.1, -0.05) is 0 Å². The first-order valence-electron chi connectivity index (χ1n) is 5.65. The van der Waals surface area contributed by atoms with Crippen LogP contribution in [0.3, 0.4) is 0 Å². The molecule has 1 amide bonds. The molecule has 0 radical (unpaired) electrons. The summed E-state index contributed by atoms with van der Waals surface area (Å²) in [5.74, 6) is 0.0635. The number of sulfone groups is 1. The molecule has 2 N–H and O–H groups in total. The van der Waals surface area contributed by atoms with Gasteiger partial charge in [0.25, 0.3) is 0 Å². The van der Waals surface area contributed by atoms with Crippen molar-refractivity contribution in [1.82, 2.24) is 10.3 Å². The summed E-state index contributed by atoms with van der Waals surface area (Å²) in [6.07, 6.45) is 4.63. The zero-order chi connectivity index (χ0) is 13.2. The standard InChI is InChI=1S/C11H15N3O3S/c1-18(16,17)9-3-2-6-12-11(9)13-7-10(15)14-8-4-5-8/h2-3,6,8H,4-5,7H2,1H3,(H,12,13)(H,14,15). The Morgan fingerprint density at radius 2 is 2.22 bits per heavy atom. The Morgan fingerprint density at radius 1 is 1.50 bits per heavy atom. The molecule has 7 heteroatoms. The summed E-state index contributed by atoms with van der Waals surface area (Å²) in [4.78, 5) is 15.5.